The lowest BCUT2D eigenvalue weighted by Crippen LogP contribution is -2.14. The van der Waals surface area contributed by atoms with Gasteiger partial charge >= 0.3 is 0 Å². The van der Waals surface area contributed by atoms with Gasteiger partial charge in [-0.1, -0.05) is 19.4 Å². The SMILES string of the molecule is C=CC.CCC1CCOCC1. The van der Waals surface area contributed by atoms with E-state index < -0.39 is 0 Å². The molecule has 0 aromatic carbocycles. The lowest BCUT2D eigenvalue weighted by Gasteiger charge is -2.19. The van der Waals surface area contributed by atoms with Crippen LogP contribution in [-0.4, -0.2) is 13.2 Å². The summed E-state index contributed by atoms with van der Waals surface area (Å²) in [5.74, 6) is 0.962. The summed E-state index contributed by atoms with van der Waals surface area (Å²) >= 11 is 0. The fraction of sp³-hybridized carbons (Fsp3) is 0.800. The molecule has 11 heavy (non-hydrogen) atoms. The molecule has 1 rings (SSSR count). The van der Waals surface area contributed by atoms with Gasteiger partial charge in [-0.2, -0.15) is 0 Å². The molecule has 0 radical (unpaired) electrons. The zero-order chi connectivity index (χ0) is 8.53. The van der Waals surface area contributed by atoms with Crippen LogP contribution in [0.2, 0.25) is 0 Å². The fourth-order valence-corrected chi connectivity index (χ4v) is 1.15. The Bertz CT molecular complexity index is 82.9. The van der Waals surface area contributed by atoms with Crippen molar-refractivity contribution in [3.05, 3.63) is 12.7 Å². The predicted octanol–water partition coefficient (Wildman–Crippen LogP) is 3.02. The monoisotopic (exact) mass is 156 g/mol. The summed E-state index contributed by atoms with van der Waals surface area (Å²) in [4.78, 5) is 0. The van der Waals surface area contributed by atoms with E-state index in [-0.39, 0.29) is 0 Å². The summed E-state index contributed by atoms with van der Waals surface area (Å²) < 4.78 is 5.20. The Kier molecular flexibility index (Phi) is 7.59. The van der Waals surface area contributed by atoms with Crippen molar-refractivity contribution in [2.45, 2.75) is 33.1 Å². The van der Waals surface area contributed by atoms with Gasteiger partial charge in [-0.25, -0.2) is 0 Å². The highest BCUT2D eigenvalue weighted by atomic mass is 16.5. The van der Waals surface area contributed by atoms with Gasteiger partial charge < -0.3 is 4.74 Å². The van der Waals surface area contributed by atoms with Crippen molar-refractivity contribution in [1.82, 2.24) is 0 Å². The van der Waals surface area contributed by atoms with Crippen molar-refractivity contribution in [3.63, 3.8) is 0 Å². The minimum atomic E-state index is 0.962. The first-order valence-corrected chi connectivity index (χ1v) is 4.49. The third-order valence-corrected chi connectivity index (χ3v) is 1.92. The minimum absolute atomic E-state index is 0.962. The molecule has 0 aliphatic carbocycles. The number of hydrogen-bond acceptors (Lipinski definition) is 1. The van der Waals surface area contributed by atoms with Gasteiger partial charge in [0, 0.05) is 13.2 Å². The second-order valence-corrected chi connectivity index (χ2v) is 2.87. The molecule has 0 bridgehead atoms. The molecule has 1 heteroatoms. The molecular formula is C10H20O. The zero-order valence-electron chi connectivity index (χ0n) is 7.81. The Balaban J connectivity index is 0.000000292. The van der Waals surface area contributed by atoms with Crippen LogP contribution in [0.3, 0.4) is 0 Å². The molecule has 1 fully saturated rings. The summed E-state index contributed by atoms with van der Waals surface area (Å²) in [6, 6.07) is 0. The molecule has 1 heterocycles. The van der Waals surface area contributed by atoms with Crippen molar-refractivity contribution in [2.24, 2.45) is 5.92 Å². The van der Waals surface area contributed by atoms with Crippen LogP contribution in [0.15, 0.2) is 12.7 Å². The average Bonchev–Trinajstić information content (AvgIpc) is 2.08. The Morgan fingerprint density at radius 2 is 1.91 bits per heavy atom. The molecular weight excluding hydrogens is 136 g/mol. The Morgan fingerprint density at radius 1 is 1.45 bits per heavy atom. The molecule has 0 aromatic rings. The van der Waals surface area contributed by atoms with Crippen LogP contribution in [0.5, 0.6) is 0 Å². The third-order valence-electron chi connectivity index (χ3n) is 1.92. The van der Waals surface area contributed by atoms with Crippen LogP contribution in [-0.2, 0) is 4.74 Å². The van der Waals surface area contributed by atoms with Gasteiger partial charge in [0.1, 0.15) is 0 Å². The molecule has 0 amide bonds. The predicted molar refractivity (Wildman–Crippen MR) is 49.7 cm³/mol. The van der Waals surface area contributed by atoms with E-state index in [0.717, 1.165) is 19.1 Å². The van der Waals surface area contributed by atoms with Gasteiger partial charge in [0.05, 0.1) is 0 Å². The van der Waals surface area contributed by atoms with E-state index in [9.17, 15) is 0 Å². The highest BCUT2D eigenvalue weighted by Gasteiger charge is 2.09. The Morgan fingerprint density at radius 3 is 2.18 bits per heavy atom. The normalized spacial score (nSPS) is 18.4. The van der Waals surface area contributed by atoms with Crippen molar-refractivity contribution in [3.8, 4) is 0 Å². The van der Waals surface area contributed by atoms with Crippen LogP contribution < -0.4 is 0 Å². The maximum absolute atomic E-state index is 5.20. The first kappa shape index (κ1) is 10.7. The van der Waals surface area contributed by atoms with Gasteiger partial charge in [0.25, 0.3) is 0 Å². The standard InChI is InChI=1S/C7H14O.C3H6/c1-2-7-3-5-8-6-4-7;1-3-2/h7H,2-6H2,1H3;3H,1H2,2H3. The molecule has 1 nitrogen and oxygen atoms in total. The van der Waals surface area contributed by atoms with E-state index in [0.29, 0.717) is 0 Å². The summed E-state index contributed by atoms with van der Waals surface area (Å²) in [5, 5.41) is 0. The Labute approximate surface area is 70.4 Å². The van der Waals surface area contributed by atoms with Crippen molar-refractivity contribution in [2.75, 3.05) is 13.2 Å². The van der Waals surface area contributed by atoms with E-state index in [4.69, 9.17) is 4.74 Å². The van der Waals surface area contributed by atoms with Gasteiger partial charge in [0.2, 0.25) is 0 Å². The fourth-order valence-electron chi connectivity index (χ4n) is 1.15. The van der Waals surface area contributed by atoms with E-state index >= 15 is 0 Å². The smallest absolute Gasteiger partial charge is 0.0468 e. The molecule has 66 valence electrons. The van der Waals surface area contributed by atoms with Crippen LogP contribution in [0.25, 0.3) is 0 Å². The van der Waals surface area contributed by atoms with Crippen molar-refractivity contribution >= 4 is 0 Å². The second kappa shape index (κ2) is 7.80. The number of hydrogen-bond donors (Lipinski definition) is 0. The second-order valence-electron chi connectivity index (χ2n) is 2.87. The Hall–Kier alpha value is -0.300. The highest BCUT2D eigenvalue weighted by Crippen LogP contribution is 2.16. The molecule has 0 saturated carbocycles. The van der Waals surface area contributed by atoms with E-state index in [1.807, 2.05) is 6.92 Å². The van der Waals surface area contributed by atoms with Gasteiger partial charge in [-0.05, 0) is 25.7 Å². The summed E-state index contributed by atoms with van der Waals surface area (Å²) in [6.45, 7) is 9.51. The molecule has 0 unspecified atom stereocenters. The van der Waals surface area contributed by atoms with E-state index in [1.54, 1.807) is 6.08 Å². The van der Waals surface area contributed by atoms with Gasteiger partial charge in [-0.15, -0.1) is 6.58 Å². The maximum Gasteiger partial charge on any atom is 0.0468 e. The lowest BCUT2D eigenvalue weighted by molar-refractivity contribution is 0.0654. The van der Waals surface area contributed by atoms with Crippen LogP contribution in [0.1, 0.15) is 33.1 Å². The van der Waals surface area contributed by atoms with E-state index in [2.05, 4.69) is 13.5 Å². The van der Waals surface area contributed by atoms with Gasteiger partial charge in [-0.3, -0.25) is 0 Å². The number of ether oxygens (including phenoxy) is 1. The summed E-state index contributed by atoms with van der Waals surface area (Å²) in [6.07, 6.45) is 5.66. The van der Waals surface area contributed by atoms with Crippen LogP contribution in [0.4, 0.5) is 0 Å². The van der Waals surface area contributed by atoms with E-state index in [1.165, 1.54) is 19.3 Å². The molecule has 0 N–H and O–H groups in total. The summed E-state index contributed by atoms with van der Waals surface area (Å²) in [5.41, 5.74) is 0. The molecule has 0 spiro atoms. The molecule has 1 aliphatic rings. The summed E-state index contributed by atoms with van der Waals surface area (Å²) in [7, 11) is 0. The third kappa shape index (κ3) is 6.11. The quantitative estimate of drug-likeness (QED) is 0.530. The minimum Gasteiger partial charge on any atom is -0.381 e. The zero-order valence-corrected chi connectivity index (χ0v) is 7.81. The number of allylic oxidation sites excluding steroid dienone is 1. The van der Waals surface area contributed by atoms with Crippen molar-refractivity contribution in [1.29, 1.82) is 0 Å². The largest absolute Gasteiger partial charge is 0.381 e. The van der Waals surface area contributed by atoms with Crippen LogP contribution in [0, 0.1) is 5.92 Å². The lowest BCUT2D eigenvalue weighted by atomic mass is 9.98. The first-order valence-electron chi connectivity index (χ1n) is 4.49. The topological polar surface area (TPSA) is 9.23 Å². The molecule has 1 aliphatic heterocycles. The highest BCUT2D eigenvalue weighted by molar-refractivity contribution is 4.60. The average molecular weight is 156 g/mol. The first-order chi connectivity index (χ1) is 5.35. The molecule has 0 atom stereocenters. The van der Waals surface area contributed by atoms with Crippen molar-refractivity contribution < 1.29 is 4.74 Å². The van der Waals surface area contributed by atoms with Gasteiger partial charge in [0.15, 0.2) is 0 Å². The van der Waals surface area contributed by atoms with Crippen LogP contribution >= 0.6 is 0 Å². The molecule has 1 saturated heterocycles. The maximum atomic E-state index is 5.20. The molecule has 0 aromatic heterocycles. The number of rotatable bonds is 1.